The Kier molecular flexibility index (Phi) is 11.1. The highest BCUT2D eigenvalue weighted by molar-refractivity contribution is 5.87. The van der Waals surface area contributed by atoms with E-state index in [1.165, 1.54) is 48.6 Å². The number of nitrogens with two attached hydrogens (primary N) is 2. The average molecular weight is 638 g/mol. The lowest BCUT2D eigenvalue weighted by Crippen LogP contribution is -2.21. The number of aryl methyl sites for hydroxylation is 1. The van der Waals surface area contributed by atoms with Gasteiger partial charge in [-0.05, 0) is 114 Å². The number of hydrogen-bond acceptors (Lipinski definition) is 5. The smallest absolute Gasteiger partial charge is 0.426 e. The van der Waals surface area contributed by atoms with Crippen molar-refractivity contribution < 1.29 is 36.2 Å². The lowest BCUT2D eigenvalue weighted by atomic mass is 9.95. The minimum absolute atomic E-state index is 0.0521. The van der Waals surface area contributed by atoms with Crippen molar-refractivity contribution in [3.8, 4) is 16.9 Å². The predicted octanol–water partition coefficient (Wildman–Crippen LogP) is 9.25. The van der Waals surface area contributed by atoms with E-state index in [-0.39, 0.29) is 24.3 Å². The van der Waals surface area contributed by atoms with Crippen LogP contribution in [-0.4, -0.2) is 12.1 Å². The molecule has 241 valence electrons. The number of unbranched alkanes of at least 4 members (excludes halogenated alkanes) is 2. The van der Waals surface area contributed by atoms with Gasteiger partial charge in [-0.2, -0.15) is 22.0 Å². The maximum atomic E-state index is 14.8. The van der Waals surface area contributed by atoms with Crippen LogP contribution >= 0.6 is 0 Å². The summed E-state index contributed by atoms with van der Waals surface area (Å²) in [5.74, 6) is -0.688. The van der Waals surface area contributed by atoms with Crippen molar-refractivity contribution in [3.05, 3.63) is 126 Å². The molecule has 4 aromatic carbocycles. The van der Waals surface area contributed by atoms with Gasteiger partial charge in [0.05, 0.1) is 5.56 Å². The molecule has 0 amide bonds. The molecule has 4 aromatic rings. The van der Waals surface area contributed by atoms with E-state index in [2.05, 4.69) is 6.92 Å². The van der Waals surface area contributed by atoms with Gasteiger partial charge in [-0.3, -0.25) is 0 Å². The quantitative estimate of drug-likeness (QED) is 0.0502. The Bertz CT molecular complexity index is 1650. The van der Waals surface area contributed by atoms with E-state index in [1.54, 1.807) is 36.4 Å². The Morgan fingerprint density at radius 2 is 1.43 bits per heavy atom. The third-order valence-electron chi connectivity index (χ3n) is 7.17. The Hall–Kier alpha value is -4.86. The van der Waals surface area contributed by atoms with Gasteiger partial charge < -0.3 is 20.9 Å². The first-order chi connectivity index (χ1) is 21.8. The number of carbonyl (C=O) groups excluding carboxylic acids is 1. The van der Waals surface area contributed by atoms with Crippen LogP contribution in [0.2, 0.25) is 0 Å². The normalized spacial score (nSPS) is 12.0. The molecule has 0 atom stereocenters. The van der Waals surface area contributed by atoms with Gasteiger partial charge in [0.25, 0.3) is 0 Å². The number of anilines is 2. The molecule has 5 nitrogen and oxygen atoms in total. The summed E-state index contributed by atoms with van der Waals surface area (Å²) in [4.78, 5) is 12.5. The van der Waals surface area contributed by atoms with Crippen molar-refractivity contribution in [2.24, 2.45) is 0 Å². The van der Waals surface area contributed by atoms with E-state index in [9.17, 15) is 26.7 Å². The average Bonchev–Trinajstić information content (AvgIpc) is 2.99. The van der Waals surface area contributed by atoms with Crippen molar-refractivity contribution in [1.82, 2.24) is 0 Å². The summed E-state index contributed by atoms with van der Waals surface area (Å²) in [6, 6.07) is 21.9. The summed E-state index contributed by atoms with van der Waals surface area (Å²) < 4.78 is 76.8. The van der Waals surface area contributed by atoms with E-state index < -0.39 is 24.7 Å². The van der Waals surface area contributed by atoms with Gasteiger partial charge in [0.2, 0.25) is 0 Å². The number of esters is 1. The van der Waals surface area contributed by atoms with E-state index >= 15 is 0 Å². The molecule has 0 fully saturated rings. The van der Waals surface area contributed by atoms with E-state index in [1.807, 2.05) is 12.1 Å². The second-order valence-electron chi connectivity index (χ2n) is 10.8. The molecule has 0 aliphatic heterocycles. The highest BCUT2D eigenvalue weighted by atomic mass is 19.4. The summed E-state index contributed by atoms with van der Waals surface area (Å²) >= 11 is 0. The zero-order valence-electron chi connectivity index (χ0n) is 25.0. The van der Waals surface area contributed by atoms with Crippen LogP contribution in [0.1, 0.15) is 53.5 Å². The zero-order valence-corrected chi connectivity index (χ0v) is 25.0. The molecular formula is C36H34F5N2O3. The number of alkyl halides is 5. The number of ether oxygens (including phenoxy) is 2. The van der Waals surface area contributed by atoms with E-state index in [0.717, 1.165) is 16.7 Å². The van der Waals surface area contributed by atoms with Gasteiger partial charge in [0.15, 0.2) is 0 Å². The van der Waals surface area contributed by atoms with E-state index in [4.69, 9.17) is 20.9 Å². The number of rotatable bonds is 13. The lowest BCUT2D eigenvalue weighted by Gasteiger charge is -2.18. The number of benzene rings is 4. The Morgan fingerprint density at radius 1 is 0.783 bits per heavy atom. The molecule has 0 saturated heterocycles. The molecule has 0 aliphatic carbocycles. The molecule has 0 aliphatic rings. The fraction of sp³-hybridized carbons (Fsp3) is 0.222. The van der Waals surface area contributed by atoms with Gasteiger partial charge in [-0.15, -0.1) is 0 Å². The summed E-state index contributed by atoms with van der Waals surface area (Å²) in [7, 11) is 0. The topological polar surface area (TPSA) is 87.6 Å². The number of hydrogen-bond donors (Lipinski definition) is 2. The highest BCUT2D eigenvalue weighted by Gasteiger charge is 2.34. The molecule has 0 saturated carbocycles. The van der Waals surface area contributed by atoms with Crippen molar-refractivity contribution in [1.29, 1.82) is 0 Å². The van der Waals surface area contributed by atoms with Crippen LogP contribution in [0.5, 0.6) is 5.75 Å². The monoisotopic (exact) mass is 637 g/mol. The first-order valence-electron chi connectivity index (χ1n) is 14.6. The molecular weight excluding hydrogens is 603 g/mol. The van der Waals surface area contributed by atoms with Crippen molar-refractivity contribution in [2.75, 3.05) is 11.5 Å². The van der Waals surface area contributed by atoms with Crippen LogP contribution < -0.4 is 16.2 Å². The Labute approximate surface area is 264 Å². The fourth-order valence-corrected chi connectivity index (χ4v) is 4.78. The molecule has 0 bridgehead atoms. The summed E-state index contributed by atoms with van der Waals surface area (Å²) in [5, 5.41) is 0. The molecule has 4 rings (SSSR count). The van der Waals surface area contributed by atoms with Crippen LogP contribution in [0.25, 0.3) is 17.2 Å². The molecule has 0 aromatic heterocycles. The number of carbonyl (C=O) groups is 1. The van der Waals surface area contributed by atoms with Crippen molar-refractivity contribution in [2.45, 2.75) is 51.0 Å². The molecule has 10 heteroatoms. The first kappa shape index (κ1) is 34.0. The lowest BCUT2D eigenvalue weighted by molar-refractivity contribution is -0.185. The minimum Gasteiger partial charge on any atom is -0.458 e. The fourth-order valence-electron chi connectivity index (χ4n) is 4.78. The summed E-state index contributed by atoms with van der Waals surface area (Å²) in [6.07, 6.45) is -4.36. The first-order valence-corrected chi connectivity index (χ1v) is 14.6. The van der Waals surface area contributed by atoms with Gasteiger partial charge >= 0.3 is 18.3 Å². The molecule has 1 radical (unpaired) electrons. The third kappa shape index (κ3) is 10.1. The zero-order chi connectivity index (χ0) is 33.3. The van der Waals surface area contributed by atoms with Crippen molar-refractivity contribution in [3.63, 3.8) is 0 Å². The van der Waals surface area contributed by atoms with Gasteiger partial charge in [-0.25, -0.2) is 4.79 Å². The maximum absolute atomic E-state index is 14.8. The third-order valence-corrected chi connectivity index (χ3v) is 7.17. The van der Waals surface area contributed by atoms with Crippen LogP contribution in [0.15, 0.2) is 91.0 Å². The predicted molar refractivity (Wildman–Crippen MR) is 170 cm³/mol. The van der Waals surface area contributed by atoms with E-state index in [0.29, 0.717) is 47.3 Å². The molecule has 0 unspecified atom stereocenters. The second kappa shape index (κ2) is 14.9. The Morgan fingerprint density at radius 3 is 2.09 bits per heavy atom. The van der Waals surface area contributed by atoms with Crippen LogP contribution in [-0.2, 0) is 28.7 Å². The SMILES string of the molecule is [CH2]c1cc(N)ccc1-c1ccc(N)cc1COC(=O)/C=C/c1ccc(C(F)(F)Oc2ccc(CCCCCC(F)(F)F)cc2)cc1. The van der Waals surface area contributed by atoms with Crippen LogP contribution in [0.4, 0.5) is 33.3 Å². The Balaban J connectivity index is 1.29. The van der Waals surface area contributed by atoms with Crippen LogP contribution in [0, 0.1) is 6.92 Å². The molecule has 0 heterocycles. The van der Waals surface area contributed by atoms with Gasteiger partial charge in [-0.1, -0.05) is 42.8 Å². The number of nitrogen functional groups attached to an aromatic ring is 2. The maximum Gasteiger partial charge on any atom is 0.426 e. The van der Waals surface area contributed by atoms with Gasteiger partial charge in [0, 0.05) is 23.9 Å². The molecule has 46 heavy (non-hydrogen) atoms. The molecule has 4 N–H and O–H groups in total. The summed E-state index contributed by atoms with van der Waals surface area (Å²) in [6.45, 7) is 3.98. The van der Waals surface area contributed by atoms with Gasteiger partial charge in [0.1, 0.15) is 12.4 Å². The number of halogens is 5. The molecule has 0 spiro atoms. The highest BCUT2D eigenvalue weighted by Crippen LogP contribution is 2.33. The van der Waals surface area contributed by atoms with Crippen molar-refractivity contribution >= 4 is 23.4 Å². The second-order valence-corrected chi connectivity index (χ2v) is 10.8. The minimum atomic E-state index is -4.16. The summed E-state index contributed by atoms with van der Waals surface area (Å²) in [5.41, 5.74) is 16.8. The largest absolute Gasteiger partial charge is 0.458 e. The standard InChI is InChI=1S/C36H34F5N2O3/c1-24-21-29(42)13-17-32(24)33-18-14-30(43)22-27(33)23-45-34(44)19-10-26-6-11-28(12-7-26)36(40,41)46-31-15-8-25(9-16-31)5-3-2-4-20-35(37,38)39/h6-19,21-22H,1-5,20,23,42-43H2/b19-10+. The van der Waals surface area contributed by atoms with Crippen LogP contribution in [0.3, 0.4) is 0 Å².